The van der Waals surface area contributed by atoms with Crippen molar-refractivity contribution in [3.8, 4) is 0 Å². The first-order valence-electron chi connectivity index (χ1n) is 9.68. The van der Waals surface area contributed by atoms with Gasteiger partial charge in [0.1, 0.15) is 0 Å². The third kappa shape index (κ3) is 4.28. The number of hydrogen-bond acceptors (Lipinski definition) is 4. The van der Waals surface area contributed by atoms with E-state index in [1.165, 1.54) is 43.2 Å². The molecule has 0 spiro atoms. The molecule has 0 heterocycles. The maximum absolute atomic E-state index is 13.0. The second kappa shape index (κ2) is 8.45. The van der Waals surface area contributed by atoms with Crippen LogP contribution in [0.2, 0.25) is 0 Å². The molecule has 0 saturated heterocycles. The lowest BCUT2D eigenvalue weighted by molar-refractivity contribution is 0.0599. The molecule has 0 radical (unpaired) electrons. The summed E-state index contributed by atoms with van der Waals surface area (Å²) in [5.41, 5.74) is 4.60. The molecule has 0 saturated carbocycles. The Balaban J connectivity index is 1.89. The molecule has 1 unspecified atom stereocenters. The first kappa shape index (κ1) is 20.6. The van der Waals surface area contributed by atoms with Crippen molar-refractivity contribution in [3.63, 3.8) is 0 Å². The smallest absolute Gasteiger partial charge is 0.338 e. The molecule has 2 aromatic rings. The summed E-state index contributed by atoms with van der Waals surface area (Å²) in [6.45, 7) is 3.71. The van der Waals surface area contributed by atoms with Crippen molar-refractivity contribution in [2.45, 2.75) is 56.9 Å². The van der Waals surface area contributed by atoms with E-state index in [4.69, 9.17) is 4.74 Å². The first-order valence-corrected chi connectivity index (χ1v) is 11.2. The van der Waals surface area contributed by atoms with Crippen molar-refractivity contribution in [1.82, 2.24) is 4.72 Å². The van der Waals surface area contributed by atoms with Gasteiger partial charge in [-0.25, -0.2) is 17.9 Å². The van der Waals surface area contributed by atoms with Gasteiger partial charge in [-0.15, -0.1) is 0 Å². The Labute approximate surface area is 167 Å². The topological polar surface area (TPSA) is 72.5 Å². The summed E-state index contributed by atoms with van der Waals surface area (Å²) >= 11 is 0. The highest BCUT2D eigenvalue weighted by molar-refractivity contribution is 7.89. The third-order valence-electron chi connectivity index (χ3n) is 5.41. The lowest BCUT2D eigenvalue weighted by atomic mass is 9.89. The molecule has 0 aliphatic heterocycles. The van der Waals surface area contributed by atoms with E-state index in [-0.39, 0.29) is 16.5 Å². The van der Waals surface area contributed by atoms with Crippen LogP contribution < -0.4 is 4.72 Å². The number of sulfonamides is 1. The van der Waals surface area contributed by atoms with Crippen molar-refractivity contribution in [2.24, 2.45) is 0 Å². The second-order valence-corrected chi connectivity index (χ2v) is 9.00. The van der Waals surface area contributed by atoms with Gasteiger partial charge in [-0.05, 0) is 73.4 Å². The molecule has 1 aliphatic rings. The fourth-order valence-corrected chi connectivity index (χ4v) is 5.04. The Morgan fingerprint density at radius 1 is 1.11 bits per heavy atom. The molecule has 2 aromatic carbocycles. The highest BCUT2D eigenvalue weighted by Crippen LogP contribution is 2.27. The average molecular weight is 402 g/mol. The summed E-state index contributed by atoms with van der Waals surface area (Å²) < 4.78 is 33.5. The van der Waals surface area contributed by atoms with Gasteiger partial charge in [0.05, 0.1) is 17.6 Å². The van der Waals surface area contributed by atoms with Crippen LogP contribution in [-0.4, -0.2) is 21.5 Å². The molecule has 1 N–H and O–H groups in total. The van der Waals surface area contributed by atoms with Crippen molar-refractivity contribution < 1.29 is 17.9 Å². The van der Waals surface area contributed by atoms with Gasteiger partial charge in [0.2, 0.25) is 10.0 Å². The van der Waals surface area contributed by atoms with Crippen LogP contribution in [0.4, 0.5) is 0 Å². The minimum Gasteiger partial charge on any atom is -0.465 e. The Kier molecular flexibility index (Phi) is 6.20. The molecule has 5 nitrogen and oxygen atoms in total. The predicted octanol–water partition coefficient (Wildman–Crippen LogP) is 4.09. The first-order chi connectivity index (χ1) is 13.4. The number of hydrogen-bond donors (Lipinski definition) is 1. The van der Waals surface area contributed by atoms with Gasteiger partial charge in [0, 0.05) is 6.04 Å². The molecule has 0 aromatic heterocycles. The molecule has 0 bridgehead atoms. The number of nitrogens with one attached hydrogen (secondary N) is 1. The number of carbonyl (C=O) groups excluding carboxylic acids is 1. The van der Waals surface area contributed by atoms with Crippen LogP contribution in [0.1, 0.15) is 64.8 Å². The Bertz CT molecular complexity index is 982. The number of methoxy groups -OCH3 is 1. The third-order valence-corrected chi connectivity index (χ3v) is 6.87. The van der Waals surface area contributed by atoms with Gasteiger partial charge in [0.25, 0.3) is 0 Å². The Morgan fingerprint density at radius 3 is 2.50 bits per heavy atom. The van der Waals surface area contributed by atoms with Gasteiger partial charge < -0.3 is 4.74 Å². The maximum atomic E-state index is 13.0. The van der Waals surface area contributed by atoms with Crippen LogP contribution in [0.25, 0.3) is 0 Å². The summed E-state index contributed by atoms with van der Waals surface area (Å²) in [7, 11) is -2.50. The van der Waals surface area contributed by atoms with E-state index < -0.39 is 16.0 Å². The molecule has 150 valence electrons. The van der Waals surface area contributed by atoms with Crippen LogP contribution in [0.5, 0.6) is 0 Å². The molecular formula is C22H27NO4S. The number of carbonyl (C=O) groups is 1. The van der Waals surface area contributed by atoms with Gasteiger partial charge in [-0.1, -0.05) is 31.2 Å². The quantitative estimate of drug-likeness (QED) is 0.740. The molecular weight excluding hydrogens is 374 g/mol. The van der Waals surface area contributed by atoms with Crippen molar-refractivity contribution in [2.75, 3.05) is 7.11 Å². The van der Waals surface area contributed by atoms with Crippen molar-refractivity contribution in [3.05, 3.63) is 64.2 Å². The lowest BCUT2D eigenvalue weighted by Crippen LogP contribution is -2.29. The number of benzene rings is 2. The van der Waals surface area contributed by atoms with Gasteiger partial charge >= 0.3 is 5.97 Å². The Hall–Kier alpha value is -2.18. The van der Waals surface area contributed by atoms with Gasteiger partial charge in [-0.2, -0.15) is 0 Å². The number of aryl methyl sites for hydroxylation is 3. The molecule has 6 heteroatoms. The van der Waals surface area contributed by atoms with E-state index in [0.29, 0.717) is 12.0 Å². The van der Waals surface area contributed by atoms with Gasteiger partial charge in [-0.3, -0.25) is 0 Å². The normalized spacial score (nSPS) is 15.0. The maximum Gasteiger partial charge on any atom is 0.338 e. The number of ether oxygens (including phenoxy) is 1. The molecule has 1 atom stereocenters. The summed E-state index contributed by atoms with van der Waals surface area (Å²) in [5.74, 6) is -0.545. The van der Waals surface area contributed by atoms with Crippen LogP contribution in [-0.2, 0) is 27.6 Å². The second-order valence-electron chi connectivity index (χ2n) is 7.29. The van der Waals surface area contributed by atoms with E-state index in [0.717, 1.165) is 18.4 Å². The zero-order chi connectivity index (χ0) is 20.3. The average Bonchev–Trinajstić information content (AvgIpc) is 2.71. The molecule has 28 heavy (non-hydrogen) atoms. The Morgan fingerprint density at radius 2 is 1.82 bits per heavy atom. The highest BCUT2D eigenvalue weighted by Gasteiger charge is 2.23. The van der Waals surface area contributed by atoms with E-state index >= 15 is 0 Å². The van der Waals surface area contributed by atoms with E-state index in [1.54, 1.807) is 13.0 Å². The number of rotatable bonds is 6. The standard InChI is InChI=1S/C22H27NO4S/c1-4-21(18-11-10-16-7-5-6-8-17(16)13-18)23-28(25,26)19-12-9-15(2)20(14-19)22(24)27-3/h9-14,21,23H,4-8H2,1-3H3. The molecule has 1 aliphatic carbocycles. The zero-order valence-electron chi connectivity index (χ0n) is 16.6. The van der Waals surface area contributed by atoms with Crippen LogP contribution in [0.3, 0.4) is 0 Å². The summed E-state index contributed by atoms with van der Waals surface area (Å²) in [5, 5.41) is 0. The van der Waals surface area contributed by atoms with Crippen molar-refractivity contribution >= 4 is 16.0 Å². The summed E-state index contributed by atoms with van der Waals surface area (Å²) in [6.07, 6.45) is 5.17. The lowest BCUT2D eigenvalue weighted by Gasteiger charge is -2.22. The fraction of sp³-hybridized carbons (Fsp3) is 0.409. The molecule has 3 rings (SSSR count). The minimum atomic E-state index is -3.78. The molecule has 0 fully saturated rings. The van der Waals surface area contributed by atoms with E-state index in [9.17, 15) is 13.2 Å². The van der Waals surface area contributed by atoms with Gasteiger partial charge in [0.15, 0.2) is 0 Å². The molecule has 0 amide bonds. The van der Waals surface area contributed by atoms with Crippen LogP contribution in [0.15, 0.2) is 41.3 Å². The van der Waals surface area contributed by atoms with Crippen molar-refractivity contribution in [1.29, 1.82) is 0 Å². The monoisotopic (exact) mass is 401 g/mol. The van der Waals surface area contributed by atoms with E-state index in [2.05, 4.69) is 16.9 Å². The number of esters is 1. The van der Waals surface area contributed by atoms with Crippen LogP contribution in [0, 0.1) is 6.92 Å². The van der Waals surface area contributed by atoms with Crippen LogP contribution >= 0.6 is 0 Å². The highest BCUT2D eigenvalue weighted by atomic mass is 32.2. The zero-order valence-corrected chi connectivity index (χ0v) is 17.4. The summed E-state index contributed by atoms with van der Waals surface area (Å²) in [6, 6.07) is 10.5. The number of fused-ring (bicyclic) bond motifs is 1. The fourth-order valence-electron chi connectivity index (χ4n) is 3.71. The predicted molar refractivity (Wildman–Crippen MR) is 109 cm³/mol. The van der Waals surface area contributed by atoms with E-state index in [1.807, 2.05) is 13.0 Å². The SMILES string of the molecule is CCC(NS(=O)(=O)c1ccc(C)c(C(=O)OC)c1)c1ccc2c(c1)CCCC2. The largest absolute Gasteiger partial charge is 0.465 e. The summed E-state index contributed by atoms with van der Waals surface area (Å²) in [4.78, 5) is 12.0. The minimum absolute atomic E-state index is 0.0647.